The molecule has 1 fully saturated rings. The first kappa shape index (κ1) is 15.5. The van der Waals surface area contributed by atoms with E-state index in [1.54, 1.807) is 0 Å². The number of amides is 2. The zero-order chi connectivity index (χ0) is 19.0. The zero-order valence-electron chi connectivity index (χ0n) is 14.8. The summed E-state index contributed by atoms with van der Waals surface area (Å²) in [6.07, 6.45) is -1.37. The van der Waals surface area contributed by atoms with E-state index in [4.69, 9.17) is 0 Å². The Kier molecular flexibility index (Phi) is 2.93. The van der Waals surface area contributed by atoms with Crippen LogP contribution in [0.3, 0.4) is 0 Å². The van der Waals surface area contributed by atoms with Gasteiger partial charge in [0.05, 0.1) is 5.92 Å². The summed E-state index contributed by atoms with van der Waals surface area (Å²) in [5.74, 6) is -1.98. The molecule has 0 aromatic heterocycles. The molecule has 2 amide bonds. The van der Waals surface area contributed by atoms with E-state index in [0.717, 1.165) is 43.1 Å². The molecule has 1 heterocycles. The van der Waals surface area contributed by atoms with Crippen LogP contribution in [0.2, 0.25) is 0 Å². The molecule has 0 radical (unpaired) electrons. The van der Waals surface area contributed by atoms with Crippen molar-refractivity contribution in [3.8, 4) is 0 Å². The Morgan fingerprint density at radius 3 is 1.89 bits per heavy atom. The molecule has 0 bridgehead atoms. The van der Waals surface area contributed by atoms with Gasteiger partial charge in [-0.2, -0.15) is 0 Å². The maximum Gasteiger partial charge on any atom is 0.256 e. The molecular formula is C24H15NO3. The number of hydrogen-bond acceptors (Lipinski definition) is 3. The number of carbonyl (C=O) groups is 2. The van der Waals surface area contributed by atoms with Crippen LogP contribution in [-0.4, -0.2) is 23.0 Å². The van der Waals surface area contributed by atoms with E-state index >= 15 is 0 Å². The SMILES string of the molecule is O=C1NC(=O)C(c2ccc3cccc4c5cccc6cccc(c2c34)c65)C1O. The molecule has 5 aromatic carbocycles. The Hall–Kier alpha value is -3.50. The summed E-state index contributed by atoms with van der Waals surface area (Å²) >= 11 is 0. The van der Waals surface area contributed by atoms with Gasteiger partial charge in [0.1, 0.15) is 6.10 Å². The highest BCUT2D eigenvalue weighted by Gasteiger charge is 2.42. The van der Waals surface area contributed by atoms with E-state index in [-0.39, 0.29) is 0 Å². The third kappa shape index (κ3) is 1.82. The number of imide groups is 1. The van der Waals surface area contributed by atoms with E-state index in [1.165, 1.54) is 0 Å². The molecule has 4 heteroatoms. The van der Waals surface area contributed by atoms with Gasteiger partial charge in [0.25, 0.3) is 5.91 Å². The van der Waals surface area contributed by atoms with Gasteiger partial charge in [-0.1, -0.05) is 66.7 Å². The summed E-state index contributed by atoms with van der Waals surface area (Å²) in [6.45, 7) is 0. The number of benzene rings is 5. The fraction of sp³-hybridized carbons (Fsp3) is 0.0833. The highest BCUT2D eigenvalue weighted by Crippen LogP contribution is 2.44. The van der Waals surface area contributed by atoms with Gasteiger partial charge in [0.15, 0.2) is 0 Å². The van der Waals surface area contributed by atoms with E-state index in [2.05, 4.69) is 47.8 Å². The minimum atomic E-state index is -1.37. The van der Waals surface area contributed by atoms with Gasteiger partial charge in [-0.15, -0.1) is 0 Å². The lowest BCUT2D eigenvalue weighted by Gasteiger charge is -2.20. The highest BCUT2D eigenvalue weighted by atomic mass is 16.3. The highest BCUT2D eigenvalue weighted by molar-refractivity contribution is 6.34. The van der Waals surface area contributed by atoms with Gasteiger partial charge < -0.3 is 5.11 Å². The lowest BCUT2D eigenvalue weighted by atomic mass is 9.83. The molecule has 0 aliphatic carbocycles. The summed E-state index contributed by atoms with van der Waals surface area (Å²) in [7, 11) is 0. The van der Waals surface area contributed by atoms with Crippen LogP contribution in [0.15, 0.2) is 66.7 Å². The molecule has 0 saturated carbocycles. The number of carbonyl (C=O) groups excluding carboxylic acids is 2. The van der Waals surface area contributed by atoms with Crippen LogP contribution in [-0.2, 0) is 9.59 Å². The van der Waals surface area contributed by atoms with Gasteiger partial charge in [-0.25, -0.2) is 0 Å². The van der Waals surface area contributed by atoms with Crippen LogP contribution in [0.1, 0.15) is 11.5 Å². The van der Waals surface area contributed by atoms with Crippen molar-refractivity contribution in [1.29, 1.82) is 0 Å². The minimum Gasteiger partial charge on any atom is -0.382 e. The zero-order valence-corrected chi connectivity index (χ0v) is 14.8. The number of fused-ring (bicyclic) bond motifs is 2. The maximum absolute atomic E-state index is 12.5. The summed E-state index contributed by atoms with van der Waals surface area (Å²) in [6, 6.07) is 22.4. The van der Waals surface area contributed by atoms with Crippen molar-refractivity contribution in [3.63, 3.8) is 0 Å². The van der Waals surface area contributed by atoms with Crippen molar-refractivity contribution in [2.24, 2.45) is 0 Å². The minimum absolute atomic E-state index is 0.448. The van der Waals surface area contributed by atoms with E-state index < -0.39 is 23.8 Å². The lowest BCUT2D eigenvalue weighted by molar-refractivity contribution is -0.127. The molecule has 2 N–H and O–H groups in total. The molecule has 1 aliphatic rings. The average Bonchev–Trinajstić information content (AvgIpc) is 2.97. The summed E-state index contributed by atoms with van der Waals surface area (Å²) in [5.41, 5.74) is 0.692. The fourth-order valence-electron chi connectivity index (χ4n) is 4.82. The quantitative estimate of drug-likeness (QED) is 0.269. The summed E-state index contributed by atoms with van der Waals surface area (Å²) < 4.78 is 0. The molecule has 0 spiro atoms. The normalized spacial score (nSPS) is 20.0. The second-order valence-electron chi connectivity index (χ2n) is 7.42. The van der Waals surface area contributed by atoms with Gasteiger partial charge >= 0.3 is 0 Å². The van der Waals surface area contributed by atoms with Crippen LogP contribution in [0.25, 0.3) is 43.1 Å². The molecule has 5 aromatic rings. The first-order valence-corrected chi connectivity index (χ1v) is 9.26. The Bertz CT molecular complexity index is 1450. The standard InChI is InChI=1S/C24H15NO3/c26-22-21(23(27)25-24(22)28)17-11-10-13-6-2-8-15-14-7-1-4-12-5-3-9-16(18(12)14)20(17)19(13)15/h1-11,21-22,26H,(H,25,27,28). The second kappa shape index (κ2) is 5.27. The smallest absolute Gasteiger partial charge is 0.256 e. The van der Waals surface area contributed by atoms with Gasteiger partial charge in [0, 0.05) is 0 Å². The predicted molar refractivity (Wildman–Crippen MR) is 110 cm³/mol. The molecule has 1 aliphatic heterocycles. The third-order valence-corrected chi connectivity index (χ3v) is 5.99. The summed E-state index contributed by atoms with van der Waals surface area (Å²) in [5, 5.41) is 21.3. The third-order valence-electron chi connectivity index (χ3n) is 5.99. The summed E-state index contributed by atoms with van der Waals surface area (Å²) in [4.78, 5) is 24.4. The Morgan fingerprint density at radius 2 is 1.25 bits per heavy atom. The first-order chi connectivity index (χ1) is 13.6. The van der Waals surface area contributed by atoms with Crippen molar-refractivity contribution in [2.75, 3.05) is 0 Å². The number of aliphatic hydroxyl groups is 1. The molecule has 1 saturated heterocycles. The van der Waals surface area contributed by atoms with Crippen molar-refractivity contribution >= 4 is 54.9 Å². The van der Waals surface area contributed by atoms with E-state index in [1.807, 2.05) is 24.3 Å². The number of aliphatic hydroxyl groups excluding tert-OH is 1. The molecule has 2 atom stereocenters. The first-order valence-electron chi connectivity index (χ1n) is 9.26. The second-order valence-corrected chi connectivity index (χ2v) is 7.42. The molecule has 6 rings (SSSR count). The largest absolute Gasteiger partial charge is 0.382 e. The monoisotopic (exact) mass is 365 g/mol. The van der Waals surface area contributed by atoms with Crippen LogP contribution in [0.4, 0.5) is 0 Å². The molecule has 134 valence electrons. The number of hydrogen-bond donors (Lipinski definition) is 2. The maximum atomic E-state index is 12.5. The van der Waals surface area contributed by atoms with E-state index in [9.17, 15) is 14.7 Å². The molecule has 2 unspecified atom stereocenters. The predicted octanol–water partition coefficient (Wildman–Crippen LogP) is 3.84. The fourth-order valence-corrected chi connectivity index (χ4v) is 4.82. The van der Waals surface area contributed by atoms with Crippen LogP contribution < -0.4 is 5.32 Å². The molecule has 28 heavy (non-hydrogen) atoms. The van der Waals surface area contributed by atoms with Crippen molar-refractivity contribution in [3.05, 3.63) is 72.3 Å². The van der Waals surface area contributed by atoms with Gasteiger partial charge in [0.2, 0.25) is 5.91 Å². The van der Waals surface area contributed by atoms with Gasteiger partial charge in [-0.05, 0) is 48.7 Å². The van der Waals surface area contributed by atoms with Gasteiger partial charge in [-0.3, -0.25) is 14.9 Å². The molecular weight excluding hydrogens is 350 g/mol. The molecule has 4 nitrogen and oxygen atoms in total. The van der Waals surface area contributed by atoms with E-state index in [0.29, 0.717) is 5.56 Å². The number of nitrogens with one attached hydrogen (secondary N) is 1. The van der Waals surface area contributed by atoms with Crippen LogP contribution >= 0.6 is 0 Å². The Labute approximate surface area is 159 Å². The van der Waals surface area contributed by atoms with Crippen LogP contribution in [0, 0.1) is 0 Å². The van der Waals surface area contributed by atoms with Crippen molar-refractivity contribution < 1.29 is 14.7 Å². The van der Waals surface area contributed by atoms with Crippen LogP contribution in [0.5, 0.6) is 0 Å². The Balaban J connectivity index is 1.89. The lowest BCUT2D eigenvalue weighted by Crippen LogP contribution is -2.24. The Morgan fingerprint density at radius 1 is 0.643 bits per heavy atom. The number of rotatable bonds is 1. The average molecular weight is 365 g/mol. The van der Waals surface area contributed by atoms with Crippen molar-refractivity contribution in [1.82, 2.24) is 5.32 Å². The topological polar surface area (TPSA) is 66.4 Å². The van der Waals surface area contributed by atoms with Crippen molar-refractivity contribution in [2.45, 2.75) is 12.0 Å².